The van der Waals surface area contributed by atoms with Gasteiger partial charge in [0.05, 0.1) is 24.0 Å². The Hall–Kier alpha value is -3.36. The molecule has 0 aliphatic heterocycles. The van der Waals surface area contributed by atoms with E-state index in [4.69, 9.17) is 0 Å². The molecule has 0 aliphatic carbocycles. The second kappa shape index (κ2) is 6.87. The number of alkyl halides is 3. The SMILES string of the molecule is O=CNc1cccc(-c2cn(Cc3ccc(C(F)(F)F)cc3)nn2)c1O. The number of benzene rings is 2. The van der Waals surface area contributed by atoms with E-state index in [1.165, 1.54) is 22.9 Å². The first-order valence-corrected chi connectivity index (χ1v) is 7.47. The maximum absolute atomic E-state index is 12.6. The number of phenols is 1. The van der Waals surface area contributed by atoms with Crippen LogP contribution in [0.1, 0.15) is 11.1 Å². The van der Waals surface area contributed by atoms with Crippen LogP contribution in [0, 0.1) is 0 Å². The highest BCUT2D eigenvalue weighted by atomic mass is 19.4. The Morgan fingerprint density at radius 3 is 2.54 bits per heavy atom. The highest BCUT2D eigenvalue weighted by Crippen LogP contribution is 2.34. The molecule has 0 fully saturated rings. The summed E-state index contributed by atoms with van der Waals surface area (Å²) in [4.78, 5) is 10.5. The van der Waals surface area contributed by atoms with Gasteiger partial charge in [-0.3, -0.25) is 4.79 Å². The van der Waals surface area contributed by atoms with Crippen LogP contribution >= 0.6 is 0 Å². The lowest BCUT2D eigenvalue weighted by Gasteiger charge is -2.07. The van der Waals surface area contributed by atoms with Crippen LogP contribution in [0.2, 0.25) is 0 Å². The molecule has 3 rings (SSSR count). The van der Waals surface area contributed by atoms with Crippen LogP contribution in [0.15, 0.2) is 48.7 Å². The molecule has 0 spiro atoms. The summed E-state index contributed by atoms with van der Waals surface area (Å²) in [5, 5.41) is 20.4. The van der Waals surface area contributed by atoms with Crippen molar-refractivity contribution in [3.05, 3.63) is 59.8 Å². The Morgan fingerprint density at radius 2 is 1.88 bits per heavy atom. The van der Waals surface area contributed by atoms with Gasteiger partial charge in [-0.25, -0.2) is 4.68 Å². The summed E-state index contributed by atoms with van der Waals surface area (Å²) in [5.74, 6) is -0.152. The number of aromatic nitrogens is 3. The normalized spacial score (nSPS) is 11.3. The number of halogens is 3. The van der Waals surface area contributed by atoms with E-state index in [1.807, 2.05) is 0 Å². The maximum atomic E-state index is 12.6. The predicted octanol–water partition coefficient (Wildman–Crippen LogP) is 3.29. The number of rotatable bonds is 5. The first kappa shape index (κ1) is 17.5. The molecule has 3 aromatic rings. The highest BCUT2D eigenvalue weighted by molar-refractivity contribution is 5.82. The largest absolute Gasteiger partial charge is 0.505 e. The van der Waals surface area contributed by atoms with E-state index in [0.29, 0.717) is 23.2 Å². The van der Waals surface area contributed by atoms with Gasteiger partial charge in [0.2, 0.25) is 6.41 Å². The predicted molar refractivity (Wildman–Crippen MR) is 87.4 cm³/mol. The van der Waals surface area contributed by atoms with E-state index in [1.54, 1.807) is 18.3 Å². The fourth-order valence-corrected chi connectivity index (χ4v) is 2.42. The molecule has 6 nitrogen and oxygen atoms in total. The zero-order valence-corrected chi connectivity index (χ0v) is 13.2. The molecule has 134 valence electrons. The highest BCUT2D eigenvalue weighted by Gasteiger charge is 2.29. The van der Waals surface area contributed by atoms with Gasteiger partial charge in [0.15, 0.2) is 0 Å². The number of nitrogens with one attached hydrogen (secondary N) is 1. The van der Waals surface area contributed by atoms with E-state index in [0.717, 1.165) is 12.1 Å². The number of carbonyl (C=O) groups is 1. The molecular formula is C17H13F3N4O2. The topological polar surface area (TPSA) is 80.0 Å². The average Bonchev–Trinajstić information content (AvgIpc) is 3.05. The zero-order valence-electron chi connectivity index (χ0n) is 13.2. The Kier molecular flexibility index (Phi) is 4.61. The molecule has 1 amide bonds. The molecular weight excluding hydrogens is 349 g/mol. The number of amides is 1. The summed E-state index contributed by atoms with van der Waals surface area (Å²) in [6, 6.07) is 9.53. The van der Waals surface area contributed by atoms with Crippen molar-refractivity contribution < 1.29 is 23.1 Å². The molecule has 0 saturated carbocycles. The van der Waals surface area contributed by atoms with Gasteiger partial charge >= 0.3 is 6.18 Å². The second-order valence-corrected chi connectivity index (χ2v) is 5.46. The molecule has 2 N–H and O–H groups in total. The van der Waals surface area contributed by atoms with E-state index >= 15 is 0 Å². The van der Waals surface area contributed by atoms with Gasteiger partial charge in [0, 0.05) is 5.56 Å². The fraction of sp³-hybridized carbons (Fsp3) is 0.118. The summed E-state index contributed by atoms with van der Waals surface area (Å²) >= 11 is 0. The summed E-state index contributed by atoms with van der Waals surface area (Å²) in [6.07, 6.45) is -2.38. The molecule has 0 bridgehead atoms. The Morgan fingerprint density at radius 1 is 1.15 bits per heavy atom. The van der Waals surface area contributed by atoms with Crippen LogP contribution in [-0.2, 0) is 17.5 Å². The minimum absolute atomic E-state index is 0.152. The minimum atomic E-state index is -4.38. The monoisotopic (exact) mass is 362 g/mol. The number of carbonyl (C=O) groups excluding carboxylic acids is 1. The number of para-hydroxylation sites is 1. The van der Waals surface area contributed by atoms with Crippen LogP contribution in [0.4, 0.5) is 18.9 Å². The first-order valence-electron chi connectivity index (χ1n) is 7.47. The van der Waals surface area contributed by atoms with Gasteiger partial charge in [0.1, 0.15) is 11.4 Å². The number of hydrogen-bond acceptors (Lipinski definition) is 4. The smallest absolute Gasteiger partial charge is 0.416 e. The molecule has 2 aromatic carbocycles. The Bertz CT molecular complexity index is 921. The molecule has 0 radical (unpaired) electrons. The van der Waals surface area contributed by atoms with Crippen molar-refractivity contribution in [2.45, 2.75) is 12.7 Å². The van der Waals surface area contributed by atoms with E-state index in [2.05, 4.69) is 15.6 Å². The van der Waals surface area contributed by atoms with Gasteiger partial charge in [-0.05, 0) is 29.8 Å². The first-order chi connectivity index (χ1) is 12.4. The Labute approximate surface area is 145 Å². The molecule has 1 aromatic heterocycles. The molecule has 26 heavy (non-hydrogen) atoms. The van der Waals surface area contributed by atoms with Crippen molar-refractivity contribution in [1.29, 1.82) is 0 Å². The number of aromatic hydroxyl groups is 1. The Balaban J connectivity index is 1.80. The summed E-state index contributed by atoms with van der Waals surface area (Å²) in [6.45, 7) is 0.220. The third kappa shape index (κ3) is 3.66. The number of phenolic OH excluding ortho intramolecular Hbond substituents is 1. The number of anilines is 1. The van der Waals surface area contributed by atoms with Crippen LogP contribution < -0.4 is 5.32 Å². The van der Waals surface area contributed by atoms with Crippen LogP contribution in [-0.4, -0.2) is 26.5 Å². The van der Waals surface area contributed by atoms with Gasteiger partial charge < -0.3 is 10.4 Å². The second-order valence-electron chi connectivity index (χ2n) is 5.46. The molecule has 0 unspecified atom stereocenters. The lowest BCUT2D eigenvalue weighted by Crippen LogP contribution is -2.05. The minimum Gasteiger partial charge on any atom is -0.505 e. The molecule has 1 heterocycles. The van der Waals surface area contributed by atoms with Crippen molar-refractivity contribution >= 4 is 12.1 Å². The van der Waals surface area contributed by atoms with Gasteiger partial charge in [-0.2, -0.15) is 13.2 Å². The lowest BCUT2D eigenvalue weighted by molar-refractivity contribution is -0.137. The van der Waals surface area contributed by atoms with Crippen molar-refractivity contribution in [2.75, 3.05) is 5.32 Å². The van der Waals surface area contributed by atoms with Gasteiger partial charge in [0.25, 0.3) is 0 Å². The van der Waals surface area contributed by atoms with Gasteiger partial charge in [-0.1, -0.05) is 23.4 Å². The van der Waals surface area contributed by atoms with Crippen molar-refractivity contribution in [3.8, 4) is 17.0 Å². The molecule has 9 heteroatoms. The average molecular weight is 362 g/mol. The number of hydrogen-bond donors (Lipinski definition) is 2. The van der Waals surface area contributed by atoms with Crippen LogP contribution in [0.25, 0.3) is 11.3 Å². The van der Waals surface area contributed by atoms with Crippen LogP contribution in [0.5, 0.6) is 5.75 Å². The lowest BCUT2D eigenvalue weighted by atomic mass is 10.1. The zero-order chi connectivity index (χ0) is 18.7. The summed E-state index contributed by atoms with van der Waals surface area (Å²) in [7, 11) is 0. The molecule has 0 atom stereocenters. The van der Waals surface area contributed by atoms with Gasteiger partial charge in [-0.15, -0.1) is 5.10 Å². The molecule has 0 saturated heterocycles. The quantitative estimate of drug-likeness (QED) is 0.539. The van der Waals surface area contributed by atoms with E-state index in [9.17, 15) is 23.1 Å². The van der Waals surface area contributed by atoms with Crippen molar-refractivity contribution in [2.24, 2.45) is 0 Å². The van der Waals surface area contributed by atoms with Crippen LogP contribution in [0.3, 0.4) is 0 Å². The van der Waals surface area contributed by atoms with E-state index in [-0.39, 0.29) is 18.0 Å². The standard InChI is InChI=1S/C17H13F3N4O2/c18-17(19,20)12-6-4-11(5-7-12)8-24-9-15(22-23-24)13-2-1-3-14(16(13)26)21-10-25/h1-7,9-10,26H,8H2,(H,21,25). The fourth-order valence-electron chi connectivity index (χ4n) is 2.42. The third-order valence-electron chi connectivity index (χ3n) is 3.69. The summed E-state index contributed by atoms with van der Waals surface area (Å²) in [5.41, 5.74) is 0.870. The number of nitrogens with zero attached hydrogens (tertiary/aromatic N) is 3. The third-order valence-corrected chi connectivity index (χ3v) is 3.69. The summed E-state index contributed by atoms with van der Waals surface area (Å²) < 4.78 is 39.2. The van der Waals surface area contributed by atoms with Crippen molar-refractivity contribution in [3.63, 3.8) is 0 Å². The maximum Gasteiger partial charge on any atom is 0.416 e. The molecule has 0 aliphatic rings. The van der Waals surface area contributed by atoms with E-state index < -0.39 is 11.7 Å². The van der Waals surface area contributed by atoms with Crippen molar-refractivity contribution in [1.82, 2.24) is 15.0 Å².